The number of carbonyl (C=O) groups is 3. The maximum atomic E-state index is 12.1. The molecule has 1 aliphatic heterocycles. The molecule has 0 aliphatic carbocycles. The van der Waals surface area contributed by atoms with Gasteiger partial charge < -0.3 is 10.1 Å². The molecule has 2 N–H and O–H groups in total. The lowest BCUT2D eigenvalue weighted by atomic mass is 9.95. The number of hydrazine groups is 1. The lowest BCUT2D eigenvalue weighted by Gasteiger charge is -2.43. The minimum Gasteiger partial charge on any atom is -0.484 e. The Morgan fingerprint density at radius 1 is 1.11 bits per heavy atom. The Morgan fingerprint density at radius 3 is 2.41 bits per heavy atom. The number of ether oxygens (including phenoxy) is 1. The Bertz CT molecular complexity index is 842. The first-order chi connectivity index (χ1) is 13.0. The Hall–Kier alpha value is -3.06. The number of nitrogens with zero attached hydrogens (tertiary/aromatic N) is 1. The van der Waals surface area contributed by atoms with Crippen LogP contribution in [0, 0.1) is 0 Å². The number of nitrogens with one attached hydrogen (secondary N) is 2. The number of anilines is 1. The van der Waals surface area contributed by atoms with E-state index in [1.165, 1.54) is 11.9 Å². The molecule has 0 aromatic heterocycles. The van der Waals surface area contributed by atoms with Gasteiger partial charge in [0.1, 0.15) is 17.2 Å². The van der Waals surface area contributed by atoms with Crippen LogP contribution in [0.3, 0.4) is 0 Å². The number of amides is 3. The highest BCUT2D eigenvalue weighted by molar-refractivity contribution is 6.33. The van der Waals surface area contributed by atoms with E-state index in [1.807, 2.05) is 30.3 Å². The van der Waals surface area contributed by atoms with Crippen LogP contribution in [-0.4, -0.2) is 34.7 Å². The molecule has 1 fully saturated rings. The second-order valence-electron chi connectivity index (χ2n) is 5.99. The van der Waals surface area contributed by atoms with E-state index < -0.39 is 17.3 Å². The lowest BCUT2D eigenvalue weighted by Crippen LogP contribution is -2.63. The predicted molar refractivity (Wildman–Crippen MR) is 100 cm³/mol. The number of hydrogen-bond acceptors (Lipinski definition) is 4. The van der Waals surface area contributed by atoms with Gasteiger partial charge in [-0.1, -0.05) is 30.3 Å². The topological polar surface area (TPSA) is 87.7 Å². The van der Waals surface area contributed by atoms with E-state index in [4.69, 9.17) is 16.3 Å². The highest BCUT2D eigenvalue weighted by Crippen LogP contribution is 2.36. The quantitative estimate of drug-likeness (QED) is 0.587. The van der Waals surface area contributed by atoms with Crippen molar-refractivity contribution < 1.29 is 19.1 Å². The third kappa shape index (κ3) is 4.38. The number of benzene rings is 2. The third-order valence-corrected chi connectivity index (χ3v) is 4.38. The number of halogens is 1. The van der Waals surface area contributed by atoms with Crippen molar-refractivity contribution in [1.29, 1.82) is 0 Å². The van der Waals surface area contributed by atoms with Crippen molar-refractivity contribution in [3.8, 4) is 5.75 Å². The molecule has 2 aromatic carbocycles. The smallest absolute Gasteiger partial charge is 0.276 e. The molecule has 27 heavy (non-hydrogen) atoms. The monoisotopic (exact) mass is 387 g/mol. The molecular formula is C19H18ClN3O4. The molecule has 0 bridgehead atoms. The average molecular weight is 388 g/mol. The summed E-state index contributed by atoms with van der Waals surface area (Å²) in [5.74, 6) is -0.547. The Morgan fingerprint density at radius 2 is 1.78 bits per heavy atom. The number of alkyl halides is 1. The van der Waals surface area contributed by atoms with Gasteiger partial charge in [0, 0.05) is 12.6 Å². The summed E-state index contributed by atoms with van der Waals surface area (Å²) in [6.07, 6.45) is 0. The maximum absolute atomic E-state index is 12.1. The molecule has 0 radical (unpaired) electrons. The zero-order chi connectivity index (χ0) is 19.4. The number of β-lactam (4-membered cyclic amide) rings is 1. The molecular weight excluding hydrogens is 370 g/mol. The minimum absolute atomic E-state index is 0.173. The van der Waals surface area contributed by atoms with Crippen LogP contribution < -0.4 is 15.5 Å². The number of carbonyl (C=O) groups excluding carboxylic acids is 3. The van der Waals surface area contributed by atoms with E-state index in [0.29, 0.717) is 11.4 Å². The molecule has 2 unspecified atom stereocenters. The van der Waals surface area contributed by atoms with Crippen molar-refractivity contribution in [2.75, 3.05) is 11.9 Å². The molecule has 1 saturated heterocycles. The molecule has 1 heterocycles. The van der Waals surface area contributed by atoms with Crippen molar-refractivity contribution in [3.05, 3.63) is 60.2 Å². The van der Waals surface area contributed by atoms with Gasteiger partial charge in [0.25, 0.3) is 11.8 Å². The SMILES string of the molecule is CC(=O)Nc1ccc(OCC(=O)NN2C(=O)C(Cl)C2c2ccccc2)cc1. The Labute approximate surface area is 161 Å². The van der Waals surface area contributed by atoms with E-state index >= 15 is 0 Å². The van der Waals surface area contributed by atoms with Crippen molar-refractivity contribution in [2.24, 2.45) is 0 Å². The predicted octanol–water partition coefficient (Wildman–Crippen LogP) is 2.25. The molecule has 0 saturated carbocycles. The van der Waals surface area contributed by atoms with Crippen molar-refractivity contribution in [1.82, 2.24) is 10.4 Å². The van der Waals surface area contributed by atoms with E-state index in [1.54, 1.807) is 24.3 Å². The fourth-order valence-corrected chi connectivity index (χ4v) is 3.06. The van der Waals surface area contributed by atoms with Crippen LogP contribution in [0.15, 0.2) is 54.6 Å². The van der Waals surface area contributed by atoms with Crippen LogP contribution in [-0.2, 0) is 14.4 Å². The summed E-state index contributed by atoms with van der Waals surface area (Å²) in [5, 5.41) is 3.14. The fourth-order valence-electron chi connectivity index (χ4n) is 2.70. The summed E-state index contributed by atoms with van der Waals surface area (Å²) < 4.78 is 5.40. The second kappa shape index (κ2) is 8.09. The van der Waals surface area contributed by atoms with Gasteiger partial charge in [0.2, 0.25) is 5.91 Å². The summed E-state index contributed by atoms with van der Waals surface area (Å²) in [4.78, 5) is 35.1. The molecule has 3 rings (SSSR count). The van der Waals surface area contributed by atoms with Crippen LogP contribution >= 0.6 is 11.6 Å². The van der Waals surface area contributed by atoms with Crippen LogP contribution in [0.1, 0.15) is 18.5 Å². The summed E-state index contributed by atoms with van der Waals surface area (Å²) in [7, 11) is 0. The largest absolute Gasteiger partial charge is 0.484 e. The van der Waals surface area contributed by atoms with Crippen LogP contribution in [0.2, 0.25) is 0 Å². The van der Waals surface area contributed by atoms with E-state index in [-0.39, 0.29) is 18.4 Å². The van der Waals surface area contributed by atoms with E-state index in [0.717, 1.165) is 5.56 Å². The second-order valence-corrected chi connectivity index (χ2v) is 6.46. The van der Waals surface area contributed by atoms with Gasteiger partial charge in [-0.3, -0.25) is 19.8 Å². The van der Waals surface area contributed by atoms with Gasteiger partial charge in [-0.05, 0) is 29.8 Å². The van der Waals surface area contributed by atoms with Crippen molar-refractivity contribution in [3.63, 3.8) is 0 Å². The first kappa shape index (κ1) is 18.7. The summed E-state index contributed by atoms with van der Waals surface area (Å²) in [6.45, 7) is 1.15. The van der Waals surface area contributed by atoms with Gasteiger partial charge in [0.05, 0.1) is 0 Å². The first-order valence-electron chi connectivity index (χ1n) is 8.28. The van der Waals surface area contributed by atoms with Gasteiger partial charge in [-0.25, -0.2) is 5.01 Å². The molecule has 1 aliphatic rings. The molecule has 140 valence electrons. The van der Waals surface area contributed by atoms with Crippen LogP contribution in [0.25, 0.3) is 0 Å². The molecule has 3 amide bonds. The highest BCUT2D eigenvalue weighted by Gasteiger charge is 2.48. The first-order valence-corrected chi connectivity index (χ1v) is 8.71. The van der Waals surface area contributed by atoms with Gasteiger partial charge in [0.15, 0.2) is 6.61 Å². The third-order valence-electron chi connectivity index (χ3n) is 3.96. The standard InChI is InChI=1S/C19H18ClN3O4/c1-12(24)21-14-7-9-15(10-8-14)27-11-16(25)22-23-18(17(20)19(23)26)13-5-3-2-4-6-13/h2-10,17-18H,11H2,1H3,(H,21,24)(H,22,25). The Kier molecular flexibility index (Phi) is 5.61. The molecule has 0 spiro atoms. The summed E-state index contributed by atoms with van der Waals surface area (Å²) in [5.41, 5.74) is 4.00. The zero-order valence-electron chi connectivity index (χ0n) is 14.5. The van der Waals surface area contributed by atoms with Crippen molar-refractivity contribution in [2.45, 2.75) is 18.3 Å². The minimum atomic E-state index is -0.713. The summed E-state index contributed by atoms with van der Waals surface area (Å²) >= 11 is 6.10. The molecule has 8 heteroatoms. The lowest BCUT2D eigenvalue weighted by molar-refractivity contribution is -0.157. The molecule has 7 nitrogen and oxygen atoms in total. The van der Waals surface area contributed by atoms with Crippen LogP contribution in [0.4, 0.5) is 5.69 Å². The molecule has 2 aromatic rings. The zero-order valence-corrected chi connectivity index (χ0v) is 15.3. The van der Waals surface area contributed by atoms with Gasteiger partial charge in [-0.2, -0.15) is 0 Å². The van der Waals surface area contributed by atoms with E-state index in [9.17, 15) is 14.4 Å². The number of hydrogen-bond donors (Lipinski definition) is 2. The van der Waals surface area contributed by atoms with Gasteiger partial charge in [-0.15, -0.1) is 11.6 Å². The van der Waals surface area contributed by atoms with E-state index in [2.05, 4.69) is 10.7 Å². The normalized spacial score (nSPS) is 18.4. The average Bonchev–Trinajstić information content (AvgIpc) is 2.67. The fraction of sp³-hybridized carbons (Fsp3) is 0.211. The number of rotatable bonds is 6. The van der Waals surface area contributed by atoms with Crippen molar-refractivity contribution >= 4 is 35.0 Å². The molecule has 2 atom stereocenters. The Balaban J connectivity index is 1.54. The summed E-state index contributed by atoms with van der Waals surface area (Å²) in [6, 6.07) is 15.4. The maximum Gasteiger partial charge on any atom is 0.276 e. The van der Waals surface area contributed by atoms with Gasteiger partial charge >= 0.3 is 0 Å². The van der Waals surface area contributed by atoms with Crippen LogP contribution in [0.5, 0.6) is 5.75 Å². The highest BCUT2D eigenvalue weighted by atomic mass is 35.5.